The third-order valence-electron chi connectivity index (χ3n) is 2.88. The van der Waals surface area contributed by atoms with Crippen LogP contribution in [0, 0.1) is 13.8 Å². The Bertz CT molecular complexity index is 641. The second kappa shape index (κ2) is 5.28. The molecule has 0 aliphatic heterocycles. The first-order valence-corrected chi connectivity index (χ1v) is 6.14. The minimum atomic E-state index is -0.279. The lowest BCUT2D eigenvalue weighted by atomic mass is 10.1. The van der Waals surface area contributed by atoms with Gasteiger partial charge in [-0.25, -0.2) is 0 Å². The second-order valence-electron chi connectivity index (χ2n) is 4.33. The summed E-state index contributed by atoms with van der Waals surface area (Å²) in [6, 6.07) is 5.25. The first-order valence-electron chi connectivity index (χ1n) is 5.76. The highest BCUT2D eigenvalue weighted by Crippen LogP contribution is 2.23. The van der Waals surface area contributed by atoms with Crippen molar-refractivity contribution >= 4 is 28.9 Å². The van der Waals surface area contributed by atoms with E-state index in [1.807, 2.05) is 19.9 Å². The van der Waals surface area contributed by atoms with E-state index >= 15 is 0 Å². The number of amides is 1. The maximum Gasteiger partial charge on any atom is 0.257 e. The number of benzene rings is 1. The molecule has 1 amide bonds. The van der Waals surface area contributed by atoms with Gasteiger partial charge < -0.3 is 11.1 Å². The Morgan fingerprint density at radius 3 is 2.74 bits per heavy atom. The van der Waals surface area contributed by atoms with Gasteiger partial charge in [0.25, 0.3) is 5.91 Å². The number of nitrogens with zero attached hydrogens (tertiary/aromatic N) is 1. The Balaban J connectivity index is 2.30. The normalized spacial score (nSPS) is 10.3. The Morgan fingerprint density at radius 2 is 2.05 bits per heavy atom. The van der Waals surface area contributed by atoms with Gasteiger partial charge in [-0.2, -0.15) is 0 Å². The molecule has 1 aromatic heterocycles. The van der Waals surface area contributed by atoms with Crippen LogP contribution in [0.1, 0.15) is 21.5 Å². The standard InChI is InChI=1S/C14H14ClN3O/c1-8-5-9(2)13(6-12(8)16)18-14(19)10-3-4-17-7-11(10)15/h3-7H,16H2,1-2H3,(H,18,19). The van der Waals surface area contributed by atoms with E-state index in [-0.39, 0.29) is 5.91 Å². The number of hydrogen-bond donors (Lipinski definition) is 2. The molecule has 0 aliphatic carbocycles. The van der Waals surface area contributed by atoms with E-state index in [1.165, 1.54) is 12.4 Å². The monoisotopic (exact) mass is 275 g/mol. The van der Waals surface area contributed by atoms with E-state index in [0.29, 0.717) is 22.0 Å². The Labute approximate surface area is 116 Å². The zero-order valence-electron chi connectivity index (χ0n) is 10.7. The molecule has 0 aliphatic rings. The number of aromatic nitrogens is 1. The summed E-state index contributed by atoms with van der Waals surface area (Å²) in [5.74, 6) is -0.279. The van der Waals surface area contributed by atoms with Crippen LogP contribution < -0.4 is 11.1 Å². The first-order chi connectivity index (χ1) is 8.99. The van der Waals surface area contributed by atoms with Crippen molar-refractivity contribution < 1.29 is 4.79 Å². The fourth-order valence-corrected chi connectivity index (χ4v) is 1.96. The number of carbonyl (C=O) groups excluding carboxylic acids is 1. The van der Waals surface area contributed by atoms with Crippen molar-refractivity contribution in [2.45, 2.75) is 13.8 Å². The Kier molecular flexibility index (Phi) is 3.71. The smallest absolute Gasteiger partial charge is 0.257 e. The van der Waals surface area contributed by atoms with E-state index in [0.717, 1.165) is 11.1 Å². The summed E-state index contributed by atoms with van der Waals surface area (Å²) in [4.78, 5) is 16.0. The number of nitrogens with two attached hydrogens (primary N) is 1. The van der Waals surface area contributed by atoms with Gasteiger partial charge in [-0.05, 0) is 37.1 Å². The highest BCUT2D eigenvalue weighted by molar-refractivity contribution is 6.34. The maximum absolute atomic E-state index is 12.1. The average Bonchev–Trinajstić information content (AvgIpc) is 2.36. The lowest BCUT2D eigenvalue weighted by Gasteiger charge is -2.11. The average molecular weight is 276 g/mol. The number of hydrogen-bond acceptors (Lipinski definition) is 3. The van der Waals surface area contributed by atoms with Gasteiger partial charge in [-0.3, -0.25) is 9.78 Å². The van der Waals surface area contributed by atoms with Crippen LogP contribution >= 0.6 is 11.6 Å². The van der Waals surface area contributed by atoms with E-state index < -0.39 is 0 Å². The number of anilines is 2. The molecule has 1 heterocycles. The number of aryl methyl sites for hydroxylation is 2. The van der Waals surface area contributed by atoms with Crippen molar-refractivity contribution in [1.82, 2.24) is 4.98 Å². The topological polar surface area (TPSA) is 68.0 Å². The molecule has 2 rings (SSSR count). The molecule has 98 valence electrons. The quantitative estimate of drug-likeness (QED) is 0.827. The molecule has 0 saturated heterocycles. The van der Waals surface area contributed by atoms with Crippen molar-refractivity contribution in [3.05, 3.63) is 52.3 Å². The first kappa shape index (κ1) is 13.4. The lowest BCUT2D eigenvalue weighted by molar-refractivity contribution is 0.102. The maximum atomic E-state index is 12.1. The van der Waals surface area contributed by atoms with Crippen molar-refractivity contribution in [2.75, 3.05) is 11.1 Å². The Hall–Kier alpha value is -2.07. The molecule has 0 radical (unpaired) electrons. The molecule has 0 atom stereocenters. The van der Waals surface area contributed by atoms with Crippen LogP contribution in [0.3, 0.4) is 0 Å². The molecule has 2 aromatic rings. The fraction of sp³-hybridized carbons (Fsp3) is 0.143. The Morgan fingerprint density at radius 1 is 1.32 bits per heavy atom. The summed E-state index contributed by atoms with van der Waals surface area (Å²) in [5, 5.41) is 3.12. The summed E-state index contributed by atoms with van der Waals surface area (Å²) in [6.07, 6.45) is 2.96. The van der Waals surface area contributed by atoms with Crippen molar-refractivity contribution in [3.8, 4) is 0 Å². The third kappa shape index (κ3) is 2.85. The van der Waals surface area contributed by atoms with Crippen LogP contribution in [0.25, 0.3) is 0 Å². The molecule has 19 heavy (non-hydrogen) atoms. The third-order valence-corrected chi connectivity index (χ3v) is 3.18. The van der Waals surface area contributed by atoms with Gasteiger partial charge in [-0.15, -0.1) is 0 Å². The molecule has 5 heteroatoms. The number of pyridine rings is 1. The van der Waals surface area contributed by atoms with Crippen LogP contribution in [-0.4, -0.2) is 10.9 Å². The minimum absolute atomic E-state index is 0.279. The minimum Gasteiger partial charge on any atom is -0.398 e. The predicted octanol–water partition coefficient (Wildman–Crippen LogP) is 3.19. The summed E-state index contributed by atoms with van der Waals surface area (Å²) in [7, 11) is 0. The van der Waals surface area contributed by atoms with Crippen LogP contribution in [0.2, 0.25) is 5.02 Å². The second-order valence-corrected chi connectivity index (χ2v) is 4.74. The van der Waals surface area contributed by atoms with Gasteiger partial charge in [0.1, 0.15) is 0 Å². The SMILES string of the molecule is Cc1cc(C)c(NC(=O)c2ccncc2Cl)cc1N. The molecule has 0 unspecified atom stereocenters. The summed E-state index contributed by atoms with van der Waals surface area (Å²) < 4.78 is 0. The summed E-state index contributed by atoms with van der Waals surface area (Å²) in [5.41, 5.74) is 9.49. The molecule has 0 saturated carbocycles. The van der Waals surface area contributed by atoms with Crippen LogP contribution in [0.5, 0.6) is 0 Å². The van der Waals surface area contributed by atoms with Crippen LogP contribution in [-0.2, 0) is 0 Å². The summed E-state index contributed by atoms with van der Waals surface area (Å²) in [6.45, 7) is 3.84. The number of carbonyl (C=O) groups is 1. The molecule has 4 nitrogen and oxygen atoms in total. The van der Waals surface area contributed by atoms with Gasteiger partial charge in [0.2, 0.25) is 0 Å². The van der Waals surface area contributed by atoms with Crippen molar-refractivity contribution in [2.24, 2.45) is 0 Å². The van der Waals surface area contributed by atoms with Gasteiger partial charge in [-0.1, -0.05) is 17.7 Å². The molecular weight excluding hydrogens is 262 g/mol. The molecule has 0 bridgehead atoms. The number of nitrogen functional groups attached to an aromatic ring is 1. The molecule has 0 spiro atoms. The van der Waals surface area contributed by atoms with Gasteiger partial charge in [0, 0.05) is 23.8 Å². The van der Waals surface area contributed by atoms with Crippen molar-refractivity contribution in [3.63, 3.8) is 0 Å². The van der Waals surface area contributed by atoms with Crippen molar-refractivity contribution in [1.29, 1.82) is 0 Å². The largest absolute Gasteiger partial charge is 0.398 e. The molecule has 1 aromatic carbocycles. The predicted molar refractivity (Wildman–Crippen MR) is 77.5 cm³/mol. The number of halogens is 1. The fourth-order valence-electron chi connectivity index (χ4n) is 1.75. The van der Waals surface area contributed by atoms with E-state index in [9.17, 15) is 4.79 Å². The van der Waals surface area contributed by atoms with Gasteiger partial charge in [0.15, 0.2) is 0 Å². The zero-order chi connectivity index (χ0) is 14.0. The zero-order valence-corrected chi connectivity index (χ0v) is 11.5. The van der Waals surface area contributed by atoms with E-state index in [4.69, 9.17) is 17.3 Å². The molecular formula is C14H14ClN3O. The van der Waals surface area contributed by atoms with Crippen LogP contribution in [0.15, 0.2) is 30.6 Å². The highest BCUT2D eigenvalue weighted by atomic mass is 35.5. The lowest BCUT2D eigenvalue weighted by Crippen LogP contribution is -2.14. The highest BCUT2D eigenvalue weighted by Gasteiger charge is 2.12. The van der Waals surface area contributed by atoms with E-state index in [1.54, 1.807) is 12.1 Å². The summed E-state index contributed by atoms with van der Waals surface area (Å²) >= 11 is 5.93. The molecule has 0 fully saturated rings. The molecule has 3 N–H and O–H groups in total. The number of nitrogens with one attached hydrogen (secondary N) is 1. The van der Waals surface area contributed by atoms with Gasteiger partial charge in [0.05, 0.1) is 10.6 Å². The van der Waals surface area contributed by atoms with E-state index in [2.05, 4.69) is 10.3 Å². The number of rotatable bonds is 2. The van der Waals surface area contributed by atoms with Gasteiger partial charge >= 0.3 is 0 Å². The van der Waals surface area contributed by atoms with Crippen LogP contribution in [0.4, 0.5) is 11.4 Å².